The molecule has 1 aliphatic rings. The van der Waals surface area contributed by atoms with E-state index >= 15 is 0 Å². The van der Waals surface area contributed by atoms with Crippen LogP contribution in [0, 0.1) is 0 Å². The van der Waals surface area contributed by atoms with Crippen LogP contribution in [0.1, 0.15) is 42.9 Å². The number of nitrogens with zero attached hydrogens (tertiary/aromatic N) is 2. The number of aromatic nitrogens is 1. The molecule has 0 amide bonds. The lowest BCUT2D eigenvalue weighted by Crippen LogP contribution is -2.36. The van der Waals surface area contributed by atoms with Gasteiger partial charge in [-0.1, -0.05) is 5.16 Å². The summed E-state index contributed by atoms with van der Waals surface area (Å²) in [5, 5.41) is 12.3. The highest BCUT2D eigenvalue weighted by atomic mass is 16.5. The molecule has 5 nitrogen and oxygen atoms in total. The van der Waals surface area contributed by atoms with Crippen LogP contribution >= 0.6 is 0 Å². The standard InChI is InChI=1S/C12H18N2O3/c1-8(2)14-5-3-4-9(14)6-10-7-11(12(15)16)13-17-10/h7-9H,3-6H2,1-2H3,(H,15,16). The maximum absolute atomic E-state index is 10.7. The Kier molecular flexibility index (Phi) is 3.47. The van der Waals surface area contributed by atoms with Gasteiger partial charge in [0.15, 0.2) is 5.69 Å². The molecule has 2 heterocycles. The number of hydrogen-bond acceptors (Lipinski definition) is 4. The molecule has 1 aromatic rings. The fourth-order valence-electron chi connectivity index (χ4n) is 2.50. The van der Waals surface area contributed by atoms with E-state index in [0.717, 1.165) is 19.4 Å². The maximum Gasteiger partial charge on any atom is 0.358 e. The molecule has 1 saturated heterocycles. The van der Waals surface area contributed by atoms with Gasteiger partial charge >= 0.3 is 5.97 Å². The molecule has 0 aliphatic carbocycles. The van der Waals surface area contributed by atoms with E-state index < -0.39 is 5.97 Å². The molecule has 2 rings (SSSR count). The normalized spacial score (nSPS) is 21.2. The lowest BCUT2D eigenvalue weighted by Gasteiger charge is -2.27. The number of carboxylic acid groups (broad SMARTS) is 1. The van der Waals surface area contributed by atoms with Crippen LogP contribution in [0.3, 0.4) is 0 Å². The highest BCUT2D eigenvalue weighted by Crippen LogP contribution is 2.23. The van der Waals surface area contributed by atoms with E-state index in [2.05, 4.69) is 23.9 Å². The van der Waals surface area contributed by atoms with Crippen molar-refractivity contribution in [1.82, 2.24) is 10.1 Å². The molecule has 1 unspecified atom stereocenters. The van der Waals surface area contributed by atoms with E-state index in [9.17, 15) is 4.79 Å². The summed E-state index contributed by atoms with van der Waals surface area (Å²) in [5.74, 6) is -0.368. The number of rotatable bonds is 4. The lowest BCUT2D eigenvalue weighted by atomic mass is 10.1. The summed E-state index contributed by atoms with van der Waals surface area (Å²) in [6.45, 7) is 5.48. The van der Waals surface area contributed by atoms with Crippen molar-refractivity contribution in [3.8, 4) is 0 Å². The van der Waals surface area contributed by atoms with Gasteiger partial charge in [-0.3, -0.25) is 4.90 Å². The Morgan fingerprint density at radius 3 is 3.06 bits per heavy atom. The highest BCUT2D eigenvalue weighted by Gasteiger charge is 2.28. The molecule has 0 bridgehead atoms. The van der Waals surface area contributed by atoms with Crippen LogP contribution in [-0.4, -0.2) is 39.8 Å². The molecule has 0 aromatic carbocycles. The summed E-state index contributed by atoms with van der Waals surface area (Å²) in [5.41, 5.74) is -0.00547. The first-order chi connectivity index (χ1) is 8.08. The van der Waals surface area contributed by atoms with Gasteiger partial charge in [0.2, 0.25) is 0 Å². The van der Waals surface area contributed by atoms with E-state index in [1.165, 1.54) is 12.5 Å². The summed E-state index contributed by atoms with van der Waals surface area (Å²) < 4.78 is 5.06. The van der Waals surface area contributed by atoms with Crippen molar-refractivity contribution in [3.05, 3.63) is 17.5 Å². The van der Waals surface area contributed by atoms with Gasteiger partial charge in [-0.2, -0.15) is 0 Å². The molecular formula is C12H18N2O3. The molecule has 1 N–H and O–H groups in total. The molecular weight excluding hydrogens is 220 g/mol. The SMILES string of the molecule is CC(C)N1CCCC1Cc1cc(C(=O)O)no1. The van der Waals surface area contributed by atoms with Crippen molar-refractivity contribution in [2.24, 2.45) is 0 Å². The fraction of sp³-hybridized carbons (Fsp3) is 0.667. The van der Waals surface area contributed by atoms with Crippen molar-refractivity contribution in [2.45, 2.75) is 45.2 Å². The van der Waals surface area contributed by atoms with Gasteiger partial charge in [-0.25, -0.2) is 4.79 Å². The number of carboxylic acids is 1. The molecule has 5 heteroatoms. The third-order valence-electron chi connectivity index (χ3n) is 3.30. The third kappa shape index (κ3) is 2.66. The molecule has 1 aromatic heterocycles. The molecule has 17 heavy (non-hydrogen) atoms. The summed E-state index contributed by atoms with van der Waals surface area (Å²) in [4.78, 5) is 13.1. The quantitative estimate of drug-likeness (QED) is 0.866. The molecule has 1 atom stereocenters. The maximum atomic E-state index is 10.7. The van der Waals surface area contributed by atoms with Gasteiger partial charge in [0, 0.05) is 24.6 Å². The smallest absolute Gasteiger partial charge is 0.358 e. The molecule has 1 fully saturated rings. The van der Waals surface area contributed by atoms with Crippen molar-refractivity contribution >= 4 is 5.97 Å². The van der Waals surface area contributed by atoms with Gasteiger partial charge in [-0.05, 0) is 33.2 Å². The predicted octanol–water partition coefficient (Wildman–Crippen LogP) is 1.79. The van der Waals surface area contributed by atoms with Crippen molar-refractivity contribution in [3.63, 3.8) is 0 Å². The van der Waals surface area contributed by atoms with Gasteiger partial charge in [0.25, 0.3) is 0 Å². The topological polar surface area (TPSA) is 66.6 Å². The van der Waals surface area contributed by atoms with Crippen LogP contribution in [0.2, 0.25) is 0 Å². The van der Waals surface area contributed by atoms with Crippen LogP contribution in [0.4, 0.5) is 0 Å². The van der Waals surface area contributed by atoms with Gasteiger partial charge in [-0.15, -0.1) is 0 Å². The Hall–Kier alpha value is -1.36. The minimum Gasteiger partial charge on any atom is -0.476 e. The minimum absolute atomic E-state index is 0.00547. The van der Waals surface area contributed by atoms with Gasteiger partial charge in [0.05, 0.1) is 0 Å². The number of likely N-dealkylation sites (tertiary alicyclic amines) is 1. The molecule has 94 valence electrons. The van der Waals surface area contributed by atoms with E-state index in [0.29, 0.717) is 17.8 Å². The summed E-state index contributed by atoms with van der Waals surface area (Å²) >= 11 is 0. The van der Waals surface area contributed by atoms with E-state index in [1.807, 2.05) is 0 Å². The fourth-order valence-corrected chi connectivity index (χ4v) is 2.50. The first-order valence-corrected chi connectivity index (χ1v) is 6.02. The monoisotopic (exact) mass is 238 g/mol. The number of hydrogen-bond donors (Lipinski definition) is 1. The Morgan fingerprint density at radius 2 is 2.47 bits per heavy atom. The highest BCUT2D eigenvalue weighted by molar-refractivity contribution is 5.85. The molecule has 0 radical (unpaired) electrons. The minimum atomic E-state index is -1.04. The second kappa shape index (κ2) is 4.87. The molecule has 0 saturated carbocycles. The van der Waals surface area contributed by atoms with Crippen molar-refractivity contribution in [1.29, 1.82) is 0 Å². The largest absolute Gasteiger partial charge is 0.476 e. The zero-order chi connectivity index (χ0) is 12.4. The van der Waals surface area contributed by atoms with E-state index in [1.54, 1.807) is 0 Å². The molecule has 0 spiro atoms. The summed E-state index contributed by atoms with van der Waals surface area (Å²) in [7, 11) is 0. The number of carbonyl (C=O) groups is 1. The zero-order valence-corrected chi connectivity index (χ0v) is 10.2. The lowest BCUT2D eigenvalue weighted by molar-refractivity contribution is 0.0685. The predicted molar refractivity (Wildman–Crippen MR) is 62.0 cm³/mol. The van der Waals surface area contributed by atoms with Crippen LogP contribution in [-0.2, 0) is 6.42 Å². The first-order valence-electron chi connectivity index (χ1n) is 6.02. The summed E-state index contributed by atoms with van der Waals surface area (Å²) in [6, 6.07) is 2.49. The van der Waals surface area contributed by atoms with Crippen molar-refractivity contribution < 1.29 is 14.4 Å². The van der Waals surface area contributed by atoms with Crippen LogP contribution in [0.5, 0.6) is 0 Å². The Labute approximate surface area is 100 Å². The van der Waals surface area contributed by atoms with Crippen LogP contribution in [0.15, 0.2) is 10.6 Å². The summed E-state index contributed by atoms with van der Waals surface area (Å²) in [6.07, 6.45) is 3.09. The second-order valence-corrected chi connectivity index (χ2v) is 4.82. The van der Waals surface area contributed by atoms with Gasteiger partial charge in [0.1, 0.15) is 5.76 Å². The van der Waals surface area contributed by atoms with Crippen molar-refractivity contribution in [2.75, 3.05) is 6.54 Å². The average Bonchev–Trinajstić information content (AvgIpc) is 2.86. The van der Waals surface area contributed by atoms with E-state index in [-0.39, 0.29) is 5.69 Å². The second-order valence-electron chi connectivity index (χ2n) is 4.82. The average molecular weight is 238 g/mol. The number of aromatic carboxylic acids is 1. The Morgan fingerprint density at radius 1 is 1.71 bits per heavy atom. The Balaban J connectivity index is 2.02. The van der Waals surface area contributed by atoms with E-state index in [4.69, 9.17) is 9.63 Å². The first kappa shape index (κ1) is 12.1. The Bertz CT molecular complexity index is 400. The molecule has 1 aliphatic heterocycles. The van der Waals surface area contributed by atoms with Crippen LogP contribution in [0.25, 0.3) is 0 Å². The van der Waals surface area contributed by atoms with Gasteiger partial charge < -0.3 is 9.63 Å². The van der Waals surface area contributed by atoms with Crippen LogP contribution < -0.4 is 0 Å². The zero-order valence-electron chi connectivity index (χ0n) is 10.2. The third-order valence-corrected chi connectivity index (χ3v) is 3.30.